The van der Waals surface area contributed by atoms with E-state index in [4.69, 9.17) is 0 Å². The van der Waals surface area contributed by atoms with Crippen molar-refractivity contribution in [2.45, 2.75) is 6.92 Å². The molecule has 0 amide bonds. The van der Waals surface area contributed by atoms with Gasteiger partial charge in [-0.3, -0.25) is 0 Å². The lowest BCUT2D eigenvalue weighted by molar-refractivity contribution is -0.660. The van der Waals surface area contributed by atoms with Gasteiger partial charge in [0.2, 0.25) is 5.69 Å². The van der Waals surface area contributed by atoms with Gasteiger partial charge in [0.1, 0.15) is 7.05 Å². The van der Waals surface area contributed by atoms with Crippen LogP contribution in [0.4, 0.5) is 15.8 Å². The lowest BCUT2D eigenvalue weighted by atomic mass is 9.91. The van der Waals surface area contributed by atoms with Crippen molar-refractivity contribution in [2.24, 2.45) is 7.05 Å². The summed E-state index contributed by atoms with van der Waals surface area (Å²) in [5, 5.41) is 2.39. The van der Waals surface area contributed by atoms with Gasteiger partial charge in [0.05, 0.1) is 5.56 Å². The zero-order valence-electron chi connectivity index (χ0n) is 12.3. The van der Waals surface area contributed by atoms with E-state index in [0.717, 1.165) is 16.9 Å². The number of aromatic nitrogens is 1. The first-order valence-corrected chi connectivity index (χ1v) is 7.04. The molecule has 3 heteroatoms. The summed E-state index contributed by atoms with van der Waals surface area (Å²) in [6, 6.07) is 12.0. The SMILES string of the molecule is Cc1ccc2cccc3c2c1-c1c(c(F)cc[n+]1C)N3C. The van der Waals surface area contributed by atoms with Gasteiger partial charge in [0, 0.05) is 24.2 Å². The van der Waals surface area contributed by atoms with Crippen molar-refractivity contribution < 1.29 is 8.96 Å². The maximum atomic E-state index is 14.5. The minimum absolute atomic E-state index is 0.184. The van der Waals surface area contributed by atoms with Crippen molar-refractivity contribution in [1.82, 2.24) is 0 Å². The highest BCUT2D eigenvalue weighted by molar-refractivity contribution is 6.11. The van der Waals surface area contributed by atoms with Crippen LogP contribution in [-0.2, 0) is 7.05 Å². The van der Waals surface area contributed by atoms with Crippen molar-refractivity contribution >= 4 is 22.1 Å². The lowest BCUT2D eigenvalue weighted by Crippen LogP contribution is -2.35. The summed E-state index contributed by atoms with van der Waals surface area (Å²) in [5.41, 5.74) is 4.96. The Morgan fingerprint density at radius 3 is 2.71 bits per heavy atom. The molecular weight excluding hydrogens is 263 g/mol. The second-order valence-electron chi connectivity index (χ2n) is 5.66. The minimum atomic E-state index is -0.184. The Morgan fingerprint density at radius 1 is 1.10 bits per heavy atom. The van der Waals surface area contributed by atoms with Crippen molar-refractivity contribution in [3.8, 4) is 11.3 Å². The molecule has 1 aliphatic heterocycles. The molecule has 0 spiro atoms. The summed E-state index contributed by atoms with van der Waals surface area (Å²) in [6.07, 6.45) is 1.79. The Bertz CT molecular complexity index is 899. The second kappa shape index (κ2) is 4.04. The first kappa shape index (κ1) is 12.3. The van der Waals surface area contributed by atoms with Crippen molar-refractivity contribution in [3.05, 3.63) is 54.0 Å². The van der Waals surface area contributed by atoms with E-state index in [9.17, 15) is 4.39 Å². The van der Waals surface area contributed by atoms with E-state index in [-0.39, 0.29) is 5.82 Å². The molecule has 0 N–H and O–H groups in total. The molecule has 0 saturated carbocycles. The largest absolute Gasteiger partial charge is 0.336 e. The van der Waals surface area contributed by atoms with Gasteiger partial charge in [-0.15, -0.1) is 0 Å². The molecule has 104 valence electrons. The van der Waals surface area contributed by atoms with Gasteiger partial charge < -0.3 is 4.90 Å². The van der Waals surface area contributed by atoms with Gasteiger partial charge in [0.25, 0.3) is 0 Å². The fourth-order valence-electron chi connectivity index (χ4n) is 3.39. The number of halogens is 1. The van der Waals surface area contributed by atoms with E-state index in [0.29, 0.717) is 5.69 Å². The second-order valence-corrected chi connectivity index (χ2v) is 5.66. The predicted octanol–water partition coefficient (Wildman–Crippen LogP) is 3.86. The molecule has 2 heterocycles. The van der Waals surface area contributed by atoms with Gasteiger partial charge in [-0.05, 0) is 23.9 Å². The van der Waals surface area contributed by atoms with Crippen LogP contribution in [0.15, 0.2) is 42.6 Å². The molecule has 0 radical (unpaired) electrons. The molecule has 0 atom stereocenters. The van der Waals surface area contributed by atoms with Crippen LogP contribution in [0.5, 0.6) is 0 Å². The Labute approximate surface area is 123 Å². The standard InChI is InChI=1S/C18H16FN2/c1-11-7-8-12-5-4-6-14-16(12)15(11)18-17(21(14)3)13(19)9-10-20(18)2/h4-10H,1-3H3/q+1. The fraction of sp³-hybridized carbons (Fsp3) is 0.167. The zero-order valence-corrected chi connectivity index (χ0v) is 12.3. The number of fused-ring (bicyclic) bond motifs is 2. The number of anilines is 2. The molecule has 1 aliphatic rings. The Hall–Kier alpha value is -2.42. The molecule has 21 heavy (non-hydrogen) atoms. The first-order chi connectivity index (χ1) is 10.1. The first-order valence-electron chi connectivity index (χ1n) is 7.04. The van der Waals surface area contributed by atoms with E-state index < -0.39 is 0 Å². The molecule has 0 saturated heterocycles. The maximum absolute atomic E-state index is 14.5. The average molecular weight is 279 g/mol. The molecule has 0 aliphatic carbocycles. The summed E-state index contributed by atoms with van der Waals surface area (Å²) in [4.78, 5) is 1.96. The van der Waals surface area contributed by atoms with E-state index in [1.165, 1.54) is 22.4 Å². The Morgan fingerprint density at radius 2 is 1.90 bits per heavy atom. The number of rotatable bonds is 0. The molecule has 3 aromatic rings. The monoisotopic (exact) mass is 279 g/mol. The van der Waals surface area contributed by atoms with Gasteiger partial charge in [-0.1, -0.05) is 24.3 Å². The van der Waals surface area contributed by atoms with Crippen LogP contribution in [0.1, 0.15) is 5.56 Å². The number of benzene rings is 2. The summed E-state index contributed by atoms with van der Waals surface area (Å²) in [7, 11) is 3.90. The zero-order chi connectivity index (χ0) is 14.7. The van der Waals surface area contributed by atoms with E-state index in [2.05, 4.69) is 31.2 Å². The smallest absolute Gasteiger partial charge is 0.240 e. The number of nitrogens with zero attached hydrogens (tertiary/aromatic N) is 2. The van der Waals surface area contributed by atoms with Gasteiger partial charge in [-0.2, -0.15) is 4.57 Å². The Kier molecular flexibility index (Phi) is 2.37. The number of aryl methyl sites for hydroxylation is 2. The summed E-state index contributed by atoms with van der Waals surface area (Å²) >= 11 is 0. The molecule has 0 fully saturated rings. The molecule has 1 aromatic heterocycles. The van der Waals surface area contributed by atoms with Gasteiger partial charge in [-0.25, -0.2) is 4.39 Å². The van der Waals surface area contributed by atoms with Crippen molar-refractivity contribution in [3.63, 3.8) is 0 Å². The van der Waals surface area contributed by atoms with Crippen LogP contribution in [-0.4, -0.2) is 7.05 Å². The van der Waals surface area contributed by atoms with Crippen molar-refractivity contribution in [2.75, 3.05) is 11.9 Å². The summed E-state index contributed by atoms with van der Waals surface area (Å²) in [5.74, 6) is -0.184. The minimum Gasteiger partial charge on any atom is -0.336 e. The lowest BCUT2D eigenvalue weighted by Gasteiger charge is -2.28. The molecule has 0 unspecified atom stereocenters. The quantitative estimate of drug-likeness (QED) is 0.567. The van der Waals surface area contributed by atoms with Crippen LogP contribution in [0.25, 0.3) is 22.0 Å². The number of hydrogen-bond donors (Lipinski definition) is 0. The van der Waals surface area contributed by atoms with Gasteiger partial charge >= 0.3 is 0 Å². The molecule has 4 rings (SSSR count). The fourth-order valence-corrected chi connectivity index (χ4v) is 3.39. The van der Waals surface area contributed by atoms with Crippen LogP contribution >= 0.6 is 0 Å². The molecule has 2 aromatic carbocycles. The van der Waals surface area contributed by atoms with E-state index >= 15 is 0 Å². The highest BCUT2D eigenvalue weighted by Gasteiger charge is 2.32. The summed E-state index contributed by atoms with van der Waals surface area (Å²) in [6.45, 7) is 2.09. The van der Waals surface area contributed by atoms with Crippen molar-refractivity contribution in [1.29, 1.82) is 0 Å². The third-order valence-corrected chi connectivity index (χ3v) is 4.41. The highest BCUT2D eigenvalue weighted by Crippen LogP contribution is 2.47. The van der Waals surface area contributed by atoms with Crippen LogP contribution in [0.2, 0.25) is 0 Å². The predicted molar refractivity (Wildman–Crippen MR) is 83.3 cm³/mol. The third kappa shape index (κ3) is 1.49. The maximum Gasteiger partial charge on any atom is 0.240 e. The van der Waals surface area contributed by atoms with Crippen LogP contribution in [0, 0.1) is 12.7 Å². The molecular formula is C18H16FN2+. The van der Waals surface area contributed by atoms with Gasteiger partial charge in [0.15, 0.2) is 17.7 Å². The van der Waals surface area contributed by atoms with Crippen LogP contribution < -0.4 is 9.47 Å². The summed E-state index contributed by atoms with van der Waals surface area (Å²) < 4.78 is 16.5. The van der Waals surface area contributed by atoms with E-state index in [1.54, 1.807) is 6.20 Å². The highest BCUT2D eigenvalue weighted by atomic mass is 19.1. The number of pyridine rings is 1. The molecule has 2 nitrogen and oxygen atoms in total. The topological polar surface area (TPSA) is 7.12 Å². The number of hydrogen-bond acceptors (Lipinski definition) is 1. The average Bonchev–Trinajstić information content (AvgIpc) is 2.48. The van der Waals surface area contributed by atoms with Crippen LogP contribution in [0.3, 0.4) is 0 Å². The van der Waals surface area contributed by atoms with E-state index in [1.807, 2.05) is 29.6 Å². The Balaban J connectivity index is 2.30. The normalized spacial score (nSPS) is 12.7. The molecule has 0 bridgehead atoms. The third-order valence-electron chi connectivity index (χ3n) is 4.41.